The number of nitrogen functional groups attached to an aromatic ring is 1. The van der Waals surface area contributed by atoms with Crippen LogP contribution in [0, 0.1) is 0 Å². The van der Waals surface area contributed by atoms with E-state index in [9.17, 15) is 4.79 Å². The van der Waals surface area contributed by atoms with Gasteiger partial charge in [-0.3, -0.25) is 0 Å². The molecule has 1 atom stereocenters. The summed E-state index contributed by atoms with van der Waals surface area (Å²) in [5, 5.41) is 2.90. The molecule has 18 heavy (non-hydrogen) atoms. The number of carbonyl (C=O) groups excluding carboxylic acids is 1. The third kappa shape index (κ3) is 2.94. The highest BCUT2D eigenvalue weighted by molar-refractivity contribution is 5.69. The molecular weight excluding hydrogens is 228 g/mol. The van der Waals surface area contributed by atoms with E-state index in [0.29, 0.717) is 0 Å². The van der Waals surface area contributed by atoms with Crippen molar-refractivity contribution in [3.8, 4) is 0 Å². The average molecular weight is 248 g/mol. The van der Waals surface area contributed by atoms with Crippen LogP contribution in [0.5, 0.6) is 0 Å². The predicted molar refractivity (Wildman–Crippen MR) is 71.3 cm³/mol. The van der Waals surface area contributed by atoms with Gasteiger partial charge in [-0.05, 0) is 56.9 Å². The van der Waals surface area contributed by atoms with Gasteiger partial charge in [-0.1, -0.05) is 6.07 Å². The molecule has 1 aliphatic rings. The van der Waals surface area contributed by atoms with Crippen molar-refractivity contribution in [2.45, 2.75) is 45.3 Å². The molecule has 3 N–H and O–H groups in total. The Hall–Kier alpha value is -1.71. The van der Waals surface area contributed by atoms with Crippen LogP contribution in [0.15, 0.2) is 18.2 Å². The van der Waals surface area contributed by atoms with Crippen molar-refractivity contribution in [3.05, 3.63) is 29.3 Å². The van der Waals surface area contributed by atoms with E-state index in [1.54, 1.807) is 0 Å². The van der Waals surface area contributed by atoms with Crippen molar-refractivity contribution in [2.24, 2.45) is 0 Å². The Bertz CT molecular complexity index is 463. The summed E-state index contributed by atoms with van der Waals surface area (Å²) < 4.78 is 5.26. The number of carbonyl (C=O) groups is 1. The standard InChI is InChI=1S/C14H20N2O2/c1-14(2,3)18-13(17)16-12-7-5-9-4-6-10(15)8-11(9)12/h4,6,8,12H,5,7,15H2,1-3H3,(H,16,17)/t12-/m1/s1. The minimum Gasteiger partial charge on any atom is -0.444 e. The van der Waals surface area contributed by atoms with Crippen LogP contribution in [0.3, 0.4) is 0 Å². The number of benzene rings is 1. The van der Waals surface area contributed by atoms with Crippen LogP contribution in [-0.2, 0) is 11.2 Å². The Morgan fingerprint density at radius 3 is 2.83 bits per heavy atom. The molecule has 4 heteroatoms. The number of nitrogens with two attached hydrogens (primary N) is 1. The van der Waals surface area contributed by atoms with Crippen LogP contribution in [-0.4, -0.2) is 11.7 Å². The van der Waals surface area contributed by atoms with Crippen molar-refractivity contribution in [3.63, 3.8) is 0 Å². The first-order valence-corrected chi connectivity index (χ1v) is 6.23. The molecule has 0 fully saturated rings. The Morgan fingerprint density at radius 2 is 2.17 bits per heavy atom. The molecule has 0 unspecified atom stereocenters. The molecule has 2 rings (SSSR count). The first kappa shape index (κ1) is 12.7. The molecule has 0 heterocycles. The van der Waals surface area contributed by atoms with Gasteiger partial charge in [0.25, 0.3) is 0 Å². The highest BCUT2D eigenvalue weighted by Gasteiger charge is 2.26. The quantitative estimate of drug-likeness (QED) is 0.751. The van der Waals surface area contributed by atoms with Crippen LogP contribution in [0.1, 0.15) is 44.4 Å². The zero-order valence-electron chi connectivity index (χ0n) is 11.1. The zero-order valence-corrected chi connectivity index (χ0v) is 11.1. The number of hydrogen-bond acceptors (Lipinski definition) is 3. The van der Waals surface area contributed by atoms with Gasteiger partial charge >= 0.3 is 6.09 Å². The molecule has 1 aromatic rings. The number of anilines is 1. The summed E-state index contributed by atoms with van der Waals surface area (Å²) in [5.41, 5.74) is 8.41. The Morgan fingerprint density at radius 1 is 1.44 bits per heavy atom. The number of rotatable bonds is 1. The summed E-state index contributed by atoms with van der Waals surface area (Å²) in [5.74, 6) is 0. The third-order valence-electron chi connectivity index (χ3n) is 2.94. The molecule has 0 aliphatic heterocycles. The summed E-state index contributed by atoms with van der Waals surface area (Å²) in [6, 6.07) is 5.87. The Labute approximate surface area is 108 Å². The van der Waals surface area contributed by atoms with Gasteiger partial charge in [-0.2, -0.15) is 0 Å². The molecule has 4 nitrogen and oxygen atoms in total. The van der Waals surface area contributed by atoms with E-state index >= 15 is 0 Å². The lowest BCUT2D eigenvalue weighted by atomic mass is 10.1. The molecule has 0 spiro atoms. The fraction of sp³-hybridized carbons (Fsp3) is 0.500. The number of ether oxygens (including phenoxy) is 1. The monoisotopic (exact) mass is 248 g/mol. The number of nitrogens with one attached hydrogen (secondary N) is 1. The van der Waals surface area contributed by atoms with E-state index in [1.165, 1.54) is 5.56 Å². The fourth-order valence-corrected chi connectivity index (χ4v) is 2.22. The SMILES string of the molecule is CC(C)(C)OC(=O)N[C@@H]1CCc2ccc(N)cc21. The van der Waals surface area contributed by atoms with E-state index in [1.807, 2.05) is 39.0 Å². The van der Waals surface area contributed by atoms with Gasteiger partial charge in [0.15, 0.2) is 0 Å². The molecule has 0 saturated heterocycles. The molecular formula is C14H20N2O2. The number of aryl methyl sites for hydroxylation is 1. The summed E-state index contributed by atoms with van der Waals surface area (Å²) in [7, 11) is 0. The first-order valence-electron chi connectivity index (χ1n) is 6.23. The Kier molecular flexibility index (Phi) is 3.20. The van der Waals surface area contributed by atoms with Gasteiger partial charge < -0.3 is 15.8 Å². The lowest BCUT2D eigenvalue weighted by Gasteiger charge is -2.22. The number of alkyl carbamates (subject to hydrolysis) is 1. The molecule has 0 bridgehead atoms. The van der Waals surface area contributed by atoms with Gasteiger partial charge in [0, 0.05) is 5.69 Å². The van der Waals surface area contributed by atoms with Crippen LogP contribution < -0.4 is 11.1 Å². The molecule has 1 amide bonds. The Balaban J connectivity index is 2.06. The normalized spacial score (nSPS) is 18.3. The summed E-state index contributed by atoms with van der Waals surface area (Å²) in [6.45, 7) is 5.56. The van der Waals surface area contributed by atoms with Crippen molar-refractivity contribution < 1.29 is 9.53 Å². The minimum atomic E-state index is -0.471. The second-order valence-corrected chi connectivity index (χ2v) is 5.70. The molecule has 1 aromatic carbocycles. The minimum absolute atomic E-state index is 0.0124. The van der Waals surface area contributed by atoms with Crippen molar-refractivity contribution in [1.82, 2.24) is 5.32 Å². The van der Waals surface area contributed by atoms with E-state index in [-0.39, 0.29) is 12.1 Å². The van der Waals surface area contributed by atoms with E-state index < -0.39 is 5.60 Å². The lowest BCUT2D eigenvalue weighted by molar-refractivity contribution is 0.0503. The number of amides is 1. The van der Waals surface area contributed by atoms with E-state index in [2.05, 4.69) is 5.32 Å². The maximum atomic E-state index is 11.7. The maximum absolute atomic E-state index is 11.7. The van der Waals surface area contributed by atoms with E-state index in [0.717, 1.165) is 24.1 Å². The molecule has 0 radical (unpaired) electrons. The van der Waals surface area contributed by atoms with Gasteiger partial charge in [0.05, 0.1) is 6.04 Å². The summed E-state index contributed by atoms with van der Waals surface area (Å²) in [4.78, 5) is 11.7. The smallest absolute Gasteiger partial charge is 0.408 e. The van der Waals surface area contributed by atoms with Gasteiger partial charge in [0.1, 0.15) is 5.60 Å². The molecule has 98 valence electrons. The largest absolute Gasteiger partial charge is 0.444 e. The number of hydrogen-bond donors (Lipinski definition) is 2. The van der Waals surface area contributed by atoms with Crippen LogP contribution in [0.4, 0.5) is 10.5 Å². The van der Waals surface area contributed by atoms with Crippen molar-refractivity contribution in [2.75, 3.05) is 5.73 Å². The van der Waals surface area contributed by atoms with Crippen LogP contribution >= 0.6 is 0 Å². The second kappa shape index (κ2) is 4.52. The summed E-state index contributed by atoms with van der Waals surface area (Å²) in [6.07, 6.45) is 1.50. The molecule has 0 aromatic heterocycles. The van der Waals surface area contributed by atoms with Crippen molar-refractivity contribution in [1.29, 1.82) is 0 Å². The number of fused-ring (bicyclic) bond motifs is 1. The zero-order chi connectivity index (χ0) is 13.3. The van der Waals surface area contributed by atoms with Crippen LogP contribution in [0.25, 0.3) is 0 Å². The first-order chi connectivity index (χ1) is 8.35. The topological polar surface area (TPSA) is 64.3 Å². The van der Waals surface area contributed by atoms with E-state index in [4.69, 9.17) is 10.5 Å². The molecule has 0 saturated carbocycles. The van der Waals surface area contributed by atoms with Gasteiger partial charge in [-0.25, -0.2) is 4.79 Å². The van der Waals surface area contributed by atoms with Crippen LogP contribution in [0.2, 0.25) is 0 Å². The average Bonchev–Trinajstić information content (AvgIpc) is 2.58. The highest BCUT2D eigenvalue weighted by Crippen LogP contribution is 2.32. The third-order valence-corrected chi connectivity index (χ3v) is 2.94. The predicted octanol–water partition coefficient (Wildman–Crippen LogP) is 2.78. The lowest BCUT2D eigenvalue weighted by Crippen LogP contribution is -2.34. The second-order valence-electron chi connectivity index (χ2n) is 5.70. The summed E-state index contributed by atoms with van der Waals surface area (Å²) >= 11 is 0. The highest BCUT2D eigenvalue weighted by atomic mass is 16.6. The van der Waals surface area contributed by atoms with Crippen molar-refractivity contribution >= 4 is 11.8 Å². The van der Waals surface area contributed by atoms with Gasteiger partial charge in [0.2, 0.25) is 0 Å². The van der Waals surface area contributed by atoms with Gasteiger partial charge in [-0.15, -0.1) is 0 Å². The maximum Gasteiger partial charge on any atom is 0.408 e. The molecule has 1 aliphatic carbocycles. The fourth-order valence-electron chi connectivity index (χ4n) is 2.22.